The first-order valence-corrected chi connectivity index (χ1v) is 5.19. The second kappa shape index (κ2) is 6.12. The molecule has 0 saturated heterocycles. The summed E-state index contributed by atoms with van der Waals surface area (Å²) in [6, 6.07) is 0. The van der Waals surface area contributed by atoms with Crippen molar-refractivity contribution in [2.24, 2.45) is 5.92 Å². The van der Waals surface area contributed by atoms with Crippen LogP contribution in [-0.4, -0.2) is 3.79 Å². The van der Waals surface area contributed by atoms with Gasteiger partial charge in [0, 0.05) is 0 Å². The van der Waals surface area contributed by atoms with Crippen LogP contribution < -0.4 is 0 Å². The largest absolute Gasteiger partial charge is 0.209 e. The van der Waals surface area contributed by atoms with Crippen LogP contribution in [0.1, 0.15) is 33.1 Å². The molecule has 0 heterocycles. The fourth-order valence-corrected chi connectivity index (χ4v) is 1.03. The summed E-state index contributed by atoms with van der Waals surface area (Å²) in [6.07, 6.45) is 7.61. The van der Waals surface area contributed by atoms with Crippen molar-refractivity contribution in [1.29, 1.82) is 0 Å². The number of halogens is 3. The number of alkyl halides is 3. The predicted molar refractivity (Wildman–Crippen MR) is 56.8 cm³/mol. The van der Waals surface area contributed by atoms with Gasteiger partial charge in [0.15, 0.2) is 0 Å². The Morgan fingerprint density at radius 3 is 2.33 bits per heavy atom. The minimum absolute atomic E-state index is 0.736. The third kappa shape index (κ3) is 10.6. The average molecular weight is 229 g/mol. The Labute approximate surface area is 89.9 Å². The second-order valence-corrected chi connectivity index (χ2v) is 5.55. The molecule has 0 aromatic rings. The highest BCUT2D eigenvalue weighted by Crippen LogP contribution is 2.27. The first-order chi connectivity index (χ1) is 5.42. The van der Waals surface area contributed by atoms with E-state index in [1.165, 1.54) is 12.5 Å². The van der Waals surface area contributed by atoms with Crippen molar-refractivity contribution < 1.29 is 0 Å². The highest BCUT2D eigenvalue weighted by Gasteiger charge is 2.13. The van der Waals surface area contributed by atoms with E-state index in [2.05, 4.69) is 19.9 Å². The van der Waals surface area contributed by atoms with Gasteiger partial charge in [-0.25, -0.2) is 0 Å². The van der Waals surface area contributed by atoms with Gasteiger partial charge in [-0.2, -0.15) is 0 Å². The summed E-state index contributed by atoms with van der Waals surface area (Å²) in [4.78, 5) is 0. The van der Waals surface area contributed by atoms with E-state index in [1.54, 1.807) is 0 Å². The average Bonchev–Trinajstić information content (AvgIpc) is 1.83. The predicted octanol–water partition coefficient (Wildman–Crippen LogP) is 4.54. The molecule has 0 spiro atoms. The van der Waals surface area contributed by atoms with Gasteiger partial charge in [0.05, 0.1) is 0 Å². The lowest BCUT2D eigenvalue weighted by atomic mass is 10.1. The highest BCUT2D eigenvalue weighted by atomic mass is 35.6. The van der Waals surface area contributed by atoms with E-state index in [4.69, 9.17) is 34.8 Å². The molecule has 0 amide bonds. The van der Waals surface area contributed by atoms with E-state index < -0.39 is 3.79 Å². The van der Waals surface area contributed by atoms with Crippen LogP contribution in [0, 0.1) is 12.0 Å². The van der Waals surface area contributed by atoms with E-state index >= 15 is 0 Å². The fourth-order valence-electron chi connectivity index (χ4n) is 0.800. The summed E-state index contributed by atoms with van der Waals surface area (Å²) < 4.78 is -1.28. The van der Waals surface area contributed by atoms with Gasteiger partial charge in [-0.15, -0.1) is 0 Å². The van der Waals surface area contributed by atoms with Gasteiger partial charge >= 0.3 is 0 Å². The topological polar surface area (TPSA) is 0 Å². The zero-order valence-corrected chi connectivity index (χ0v) is 9.68. The third-order valence-corrected chi connectivity index (χ3v) is 1.70. The Kier molecular flexibility index (Phi) is 6.43. The van der Waals surface area contributed by atoms with Crippen LogP contribution in [0.2, 0.25) is 0 Å². The highest BCUT2D eigenvalue weighted by molar-refractivity contribution is 6.68. The Morgan fingerprint density at radius 2 is 1.92 bits per heavy atom. The first-order valence-electron chi connectivity index (χ1n) is 4.06. The lowest BCUT2D eigenvalue weighted by Crippen LogP contribution is -1.94. The van der Waals surface area contributed by atoms with E-state index in [-0.39, 0.29) is 0 Å². The quantitative estimate of drug-likeness (QED) is 0.489. The Balaban J connectivity index is 3.37. The molecule has 0 fully saturated rings. The van der Waals surface area contributed by atoms with Crippen molar-refractivity contribution >= 4 is 34.8 Å². The van der Waals surface area contributed by atoms with E-state index in [1.807, 2.05) is 0 Å². The van der Waals surface area contributed by atoms with Gasteiger partial charge in [-0.1, -0.05) is 55.1 Å². The smallest absolute Gasteiger partial charge is 0.0791 e. The lowest BCUT2D eigenvalue weighted by molar-refractivity contribution is 0.557. The third-order valence-electron chi connectivity index (χ3n) is 1.37. The standard InChI is InChI=1S/C9H14Cl3/c1-8(2)6-4-3-5-7-9(10,11)12/h7-8H,3-4,6H2,1-2H3. The van der Waals surface area contributed by atoms with Gasteiger partial charge in [-0.05, 0) is 30.9 Å². The van der Waals surface area contributed by atoms with E-state index in [0.717, 1.165) is 18.8 Å². The molecule has 0 N–H and O–H groups in total. The fraction of sp³-hybridized carbons (Fsp3) is 0.778. The van der Waals surface area contributed by atoms with Crippen LogP contribution in [0.15, 0.2) is 6.08 Å². The maximum atomic E-state index is 5.49. The van der Waals surface area contributed by atoms with Crippen LogP contribution in [0.5, 0.6) is 0 Å². The monoisotopic (exact) mass is 227 g/mol. The van der Waals surface area contributed by atoms with Gasteiger partial charge < -0.3 is 0 Å². The molecule has 0 aliphatic rings. The summed E-state index contributed by atoms with van der Waals surface area (Å²) in [5.41, 5.74) is 0. The number of rotatable bonds is 4. The number of unbranched alkanes of at least 4 members (excludes halogenated alkanes) is 1. The van der Waals surface area contributed by atoms with Gasteiger partial charge in [0.2, 0.25) is 3.79 Å². The summed E-state index contributed by atoms with van der Waals surface area (Å²) >= 11 is 16.5. The molecule has 71 valence electrons. The molecule has 1 radical (unpaired) electrons. The summed E-state index contributed by atoms with van der Waals surface area (Å²) in [7, 11) is 0. The number of hydrogen-bond acceptors (Lipinski definition) is 0. The SMILES string of the molecule is CC(C)CCC[C]=CC(Cl)(Cl)Cl. The van der Waals surface area contributed by atoms with Crippen LogP contribution in [0.25, 0.3) is 0 Å². The van der Waals surface area contributed by atoms with Crippen molar-refractivity contribution in [1.82, 2.24) is 0 Å². The Bertz CT molecular complexity index is 133. The maximum Gasteiger partial charge on any atom is 0.209 e. The molecule has 0 aromatic carbocycles. The molecule has 0 saturated carbocycles. The minimum Gasteiger partial charge on any atom is -0.0791 e. The molecule has 0 nitrogen and oxygen atoms in total. The van der Waals surface area contributed by atoms with Gasteiger partial charge in [0.1, 0.15) is 0 Å². The summed E-state index contributed by atoms with van der Waals surface area (Å²) in [6.45, 7) is 4.39. The Morgan fingerprint density at radius 1 is 1.33 bits per heavy atom. The van der Waals surface area contributed by atoms with E-state index in [0.29, 0.717) is 0 Å². The molecular formula is C9H14Cl3. The molecule has 0 aliphatic heterocycles. The van der Waals surface area contributed by atoms with Crippen molar-refractivity contribution in [3.63, 3.8) is 0 Å². The lowest BCUT2D eigenvalue weighted by Gasteiger charge is -2.03. The molecule has 0 atom stereocenters. The molecule has 3 heteroatoms. The number of hydrogen-bond donors (Lipinski definition) is 0. The first kappa shape index (κ1) is 12.6. The maximum absolute atomic E-state index is 5.49. The summed E-state index contributed by atoms with van der Waals surface area (Å²) in [5, 5.41) is 0. The molecular weight excluding hydrogens is 214 g/mol. The molecule has 0 rings (SSSR count). The number of allylic oxidation sites excluding steroid dienone is 2. The molecule has 12 heavy (non-hydrogen) atoms. The van der Waals surface area contributed by atoms with Crippen LogP contribution in [-0.2, 0) is 0 Å². The van der Waals surface area contributed by atoms with Crippen molar-refractivity contribution in [2.75, 3.05) is 0 Å². The minimum atomic E-state index is -1.28. The molecule has 0 bridgehead atoms. The van der Waals surface area contributed by atoms with Gasteiger partial charge in [0.25, 0.3) is 0 Å². The van der Waals surface area contributed by atoms with Crippen LogP contribution in [0.3, 0.4) is 0 Å². The Hall–Kier alpha value is 0.610. The van der Waals surface area contributed by atoms with E-state index in [9.17, 15) is 0 Å². The van der Waals surface area contributed by atoms with Crippen molar-refractivity contribution in [3.8, 4) is 0 Å². The summed E-state index contributed by atoms with van der Waals surface area (Å²) in [5.74, 6) is 0.736. The normalized spacial score (nSPS) is 13.2. The van der Waals surface area contributed by atoms with Crippen molar-refractivity contribution in [3.05, 3.63) is 12.2 Å². The molecule has 0 unspecified atom stereocenters. The zero-order chi connectivity index (χ0) is 9.61. The van der Waals surface area contributed by atoms with Gasteiger partial charge in [-0.3, -0.25) is 0 Å². The second-order valence-electron chi connectivity index (χ2n) is 3.18. The molecule has 0 aromatic heterocycles. The van der Waals surface area contributed by atoms with Crippen molar-refractivity contribution in [2.45, 2.75) is 36.9 Å². The van der Waals surface area contributed by atoms with Crippen LogP contribution >= 0.6 is 34.8 Å². The zero-order valence-electron chi connectivity index (χ0n) is 7.41. The van der Waals surface area contributed by atoms with Crippen LogP contribution in [0.4, 0.5) is 0 Å². The molecule has 0 aliphatic carbocycles.